The third-order valence-electron chi connectivity index (χ3n) is 2.95. The van der Waals surface area contributed by atoms with Crippen LogP contribution >= 0.6 is 26.6 Å². The van der Waals surface area contributed by atoms with Gasteiger partial charge in [-0.2, -0.15) is 0 Å². The highest BCUT2D eigenvalue weighted by Gasteiger charge is 2.25. The average Bonchev–Trinajstić information content (AvgIpc) is 2.27. The number of carbonyl (C=O) groups is 1. The summed E-state index contributed by atoms with van der Waals surface area (Å²) in [4.78, 5) is 12.0. The summed E-state index contributed by atoms with van der Waals surface area (Å²) in [6.45, 7) is 5.61. The van der Waals surface area contributed by atoms with Crippen molar-refractivity contribution >= 4 is 47.3 Å². The number of anilines is 1. The van der Waals surface area contributed by atoms with Crippen LogP contribution in [0.25, 0.3) is 0 Å². The summed E-state index contributed by atoms with van der Waals surface area (Å²) >= 11 is 3.13. The van der Waals surface area contributed by atoms with Crippen LogP contribution in [-0.4, -0.2) is 14.3 Å². The SMILES string of the molecule is CCC(C)(C)C(=O)Nc1ccc(S(=O)(=O)Cl)c(Br)c1. The third kappa shape index (κ3) is 4.19. The van der Waals surface area contributed by atoms with Gasteiger partial charge in [-0.25, -0.2) is 8.42 Å². The fourth-order valence-electron chi connectivity index (χ4n) is 1.24. The van der Waals surface area contributed by atoms with Gasteiger partial charge in [0.1, 0.15) is 0 Å². The van der Waals surface area contributed by atoms with Gasteiger partial charge in [0.05, 0.1) is 4.90 Å². The maximum atomic E-state index is 12.0. The molecule has 106 valence electrons. The predicted octanol–water partition coefficient (Wildman–Crippen LogP) is 3.75. The minimum atomic E-state index is -3.80. The number of benzene rings is 1. The Hall–Kier alpha value is -0.590. The Morgan fingerprint density at radius 3 is 2.42 bits per heavy atom. The molecule has 7 heteroatoms. The number of hydrogen-bond donors (Lipinski definition) is 1. The molecule has 0 saturated carbocycles. The molecule has 0 fully saturated rings. The van der Waals surface area contributed by atoms with Crippen molar-refractivity contribution in [1.82, 2.24) is 0 Å². The highest BCUT2D eigenvalue weighted by molar-refractivity contribution is 9.10. The normalized spacial score (nSPS) is 12.3. The minimum Gasteiger partial charge on any atom is -0.326 e. The van der Waals surface area contributed by atoms with Crippen LogP contribution < -0.4 is 5.32 Å². The van der Waals surface area contributed by atoms with E-state index >= 15 is 0 Å². The van der Waals surface area contributed by atoms with Gasteiger partial charge in [0.15, 0.2) is 0 Å². The van der Waals surface area contributed by atoms with Gasteiger partial charge < -0.3 is 5.32 Å². The van der Waals surface area contributed by atoms with Crippen molar-refractivity contribution in [2.45, 2.75) is 32.1 Å². The van der Waals surface area contributed by atoms with E-state index in [2.05, 4.69) is 21.2 Å². The molecule has 0 spiro atoms. The quantitative estimate of drug-likeness (QED) is 0.823. The fraction of sp³-hybridized carbons (Fsp3) is 0.417. The Morgan fingerprint density at radius 2 is 2.00 bits per heavy atom. The van der Waals surface area contributed by atoms with Crippen LogP contribution in [0, 0.1) is 5.41 Å². The smallest absolute Gasteiger partial charge is 0.262 e. The lowest BCUT2D eigenvalue weighted by Crippen LogP contribution is -2.29. The van der Waals surface area contributed by atoms with Crippen LogP contribution in [0.3, 0.4) is 0 Å². The summed E-state index contributed by atoms with van der Waals surface area (Å²) in [5, 5.41) is 2.75. The fourth-order valence-corrected chi connectivity index (χ4v) is 3.46. The Morgan fingerprint density at radius 1 is 1.42 bits per heavy atom. The second-order valence-corrected chi connectivity index (χ2v) is 8.16. The van der Waals surface area contributed by atoms with Crippen LogP contribution in [0.2, 0.25) is 0 Å². The average molecular weight is 369 g/mol. The van der Waals surface area contributed by atoms with E-state index in [0.717, 1.165) is 0 Å². The molecule has 0 aromatic heterocycles. The number of nitrogens with one attached hydrogen (secondary N) is 1. The molecule has 0 aliphatic heterocycles. The molecule has 0 atom stereocenters. The van der Waals surface area contributed by atoms with Gasteiger partial charge >= 0.3 is 0 Å². The van der Waals surface area contributed by atoms with Crippen molar-refractivity contribution in [1.29, 1.82) is 0 Å². The monoisotopic (exact) mass is 367 g/mol. The number of halogens is 2. The van der Waals surface area contributed by atoms with Gasteiger partial charge in [0.2, 0.25) is 5.91 Å². The van der Waals surface area contributed by atoms with Gasteiger partial charge in [-0.3, -0.25) is 4.79 Å². The summed E-state index contributed by atoms with van der Waals surface area (Å²) in [5.74, 6) is -0.122. The maximum Gasteiger partial charge on any atom is 0.262 e. The molecule has 19 heavy (non-hydrogen) atoms. The zero-order chi connectivity index (χ0) is 14.8. The molecule has 1 N–H and O–H groups in total. The molecule has 0 aliphatic rings. The number of amides is 1. The topological polar surface area (TPSA) is 63.2 Å². The molecule has 4 nitrogen and oxygen atoms in total. The first-order valence-corrected chi connectivity index (χ1v) is 8.74. The first-order valence-electron chi connectivity index (χ1n) is 5.63. The number of rotatable bonds is 4. The highest BCUT2D eigenvalue weighted by atomic mass is 79.9. The zero-order valence-electron chi connectivity index (χ0n) is 10.8. The summed E-state index contributed by atoms with van der Waals surface area (Å²) in [5.41, 5.74) is 0.0337. The van der Waals surface area contributed by atoms with E-state index in [9.17, 15) is 13.2 Å². The molecule has 1 amide bonds. The van der Waals surface area contributed by atoms with Crippen LogP contribution in [0.1, 0.15) is 27.2 Å². The number of carbonyl (C=O) groups excluding carboxylic acids is 1. The van der Waals surface area contributed by atoms with Gasteiger partial charge in [0, 0.05) is 26.3 Å². The summed E-state index contributed by atoms with van der Waals surface area (Å²) in [7, 11) is 1.47. The molecule has 0 bridgehead atoms. The zero-order valence-corrected chi connectivity index (χ0v) is 14.0. The molecule has 0 unspecified atom stereocenters. The van der Waals surface area contributed by atoms with E-state index < -0.39 is 14.5 Å². The Balaban J connectivity index is 3.01. The Kier molecular flexibility index (Phi) is 5.03. The molecule has 0 radical (unpaired) electrons. The van der Waals surface area contributed by atoms with E-state index in [1.807, 2.05) is 20.8 Å². The summed E-state index contributed by atoms with van der Waals surface area (Å²) in [6.07, 6.45) is 0.703. The Labute approximate surface area is 126 Å². The van der Waals surface area contributed by atoms with Crippen LogP contribution in [0.15, 0.2) is 27.6 Å². The molecule has 0 aliphatic carbocycles. The Bertz CT molecular complexity index is 599. The highest BCUT2D eigenvalue weighted by Crippen LogP contribution is 2.29. The van der Waals surface area contributed by atoms with Gasteiger partial charge in [0.25, 0.3) is 9.05 Å². The van der Waals surface area contributed by atoms with Gasteiger partial charge in [-0.15, -0.1) is 0 Å². The second kappa shape index (κ2) is 5.81. The molecular weight excluding hydrogens is 354 g/mol. The molecule has 0 saturated heterocycles. The van der Waals surface area contributed by atoms with Crippen molar-refractivity contribution < 1.29 is 13.2 Å². The van der Waals surface area contributed by atoms with E-state index in [-0.39, 0.29) is 10.8 Å². The van der Waals surface area contributed by atoms with Crippen molar-refractivity contribution in [2.75, 3.05) is 5.32 Å². The lowest BCUT2D eigenvalue weighted by atomic mass is 9.89. The maximum absolute atomic E-state index is 12.0. The first kappa shape index (κ1) is 16.5. The van der Waals surface area contributed by atoms with Crippen molar-refractivity contribution in [2.24, 2.45) is 5.41 Å². The van der Waals surface area contributed by atoms with E-state index in [1.54, 1.807) is 0 Å². The van der Waals surface area contributed by atoms with Crippen molar-refractivity contribution in [3.63, 3.8) is 0 Å². The molecule has 0 heterocycles. The van der Waals surface area contributed by atoms with Crippen LogP contribution in [0.5, 0.6) is 0 Å². The standard InChI is InChI=1S/C12H15BrClNO3S/c1-4-12(2,3)11(16)15-8-5-6-10(9(13)7-8)19(14,17)18/h5-7H,4H2,1-3H3,(H,15,16). The second-order valence-electron chi connectivity index (χ2n) is 4.77. The molecule has 1 rings (SSSR count). The predicted molar refractivity (Wildman–Crippen MR) is 79.9 cm³/mol. The van der Waals surface area contributed by atoms with Crippen LogP contribution in [-0.2, 0) is 13.8 Å². The summed E-state index contributed by atoms with van der Waals surface area (Å²) in [6, 6.07) is 4.36. The minimum absolute atomic E-state index is 0.0260. The molecule has 1 aromatic rings. The van der Waals surface area contributed by atoms with Crippen molar-refractivity contribution in [3.8, 4) is 0 Å². The third-order valence-corrected chi connectivity index (χ3v) is 5.25. The van der Waals surface area contributed by atoms with E-state index in [4.69, 9.17) is 10.7 Å². The van der Waals surface area contributed by atoms with Crippen LogP contribution in [0.4, 0.5) is 5.69 Å². The molecule has 1 aromatic carbocycles. The van der Waals surface area contributed by atoms with Gasteiger partial charge in [-0.1, -0.05) is 20.8 Å². The van der Waals surface area contributed by atoms with E-state index in [1.165, 1.54) is 18.2 Å². The lowest BCUT2D eigenvalue weighted by Gasteiger charge is -2.21. The summed E-state index contributed by atoms with van der Waals surface area (Å²) < 4.78 is 22.8. The first-order chi connectivity index (χ1) is 8.58. The lowest BCUT2D eigenvalue weighted by molar-refractivity contribution is -0.124. The van der Waals surface area contributed by atoms with Crippen molar-refractivity contribution in [3.05, 3.63) is 22.7 Å². The molecular formula is C12H15BrClNO3S. The largest absolute Gasteiger partial charge is 0.326 e. The number of hydrogen-bond acceptors (Lipinski definition) is 3. The van der Waals surface area contributed by atoms with E-state index in [0.29, 0.717) is 16.6 Å². The van der Waals surface area contributed by atoms with Gasteiger partial charge in [-0.05, 0) is 40.5 Å².